The molecule has 0 aliphatic rings. The molecule has 3 rings (SSSR count). The zero-order valence-electron chi connectivity index (χ0n) is 14.1. The van der Waals surface area contributed by atoms with Crippen molar-refractivity contribution in [2.24, 2.45) is 0 Å². The molecule has 25 heavy (non-hydrogen) atoms. The lowest BCUT2D eigenvalue weighted by molar-refractivity contribution is 0.415. The summed E-state index contributed by atoms with van der Waals surface area (Å²) in [7, 11) is 3.56. The number of hydrogen-bond donors (Lipinski definition) is 1. The van der Waals surface area contributed by atoms with Crippen LogP contribution in [-0.2, 0) is 6.54 Å². The number of anilines is 3. The maximum atomic E-state index is 6.16. The number of aromatic nitrogens is 2. The zero-order chi connectivity index (χ0) is 17.6. The third-order valence-corrected chi connectivity index (χ3v) is 3.97. The third kappa shape index (κ3) is 4.39. The van der Waals surface area contributed by atoms with Crippen molar-refractivity contribution in [1.29, 1.82) is 0 Å². The molecule has 0 saturated carbocycles. The summed E-state index contributed by atoms with van der Waals surface area (Å²) in [6.45, 7) is 0.735. The fourth-order valence-electron chi connectivity index (χ4n) is 2.42. The molecule has 5 nitrogen and oxygen atoms in total. The van der Waals surface area contributed by atoms with Gasteiger partial charge in [-0.2, -0.15) is 4.98 Å². The van der Waals surface area contributed by atoms with Crippen molar-refractivity contribution in [3.63, 3.8) is 0 Å². The molecule has 0 aliphatic heterocycles. The number of nitrogens with one attached hydrogen (secondary N) is 1. The third-order valence-electron chi connectivity index (χ3n) is 3.67. The first-order chi connectivity index (χ1) is 12.2. The van der Waals surface area contributed by atoms with Crippen molar-refractivity contribution in [3.8, 4) is 5.75 Å². The van der Waals surface area contributed by atoms with Crippen LogP contribution in [0.3, 0.4) is 0 Å². The molecule has 0 amide bonds. The number of benzene rings is 2. The highest BCUT2D eigenvalue weighted by Crippen LogP contribution is 2.28. The average molecular weight is 355 g/mol. The van der Waals surface area contributed by atoms with Gasteiger partial charge < -0.3 is 15.0 Å². The summed E-state index contributed by atoms with van der Waals surface area (Å²) < 4.78 is 5.17. The number of rotatable bonds is 6. The molecule has 0 unspecified atom stereocenters. The fourth-order valence-corrected chi connectivity index (χ4v) is 2.68. The lowest BCUT2D eigenvalue weighted by Gasteiger charge is -2.18. The van der Waals surface area contributed by atoms with E-state index >= 15 is 0 Å². The largest absolute Gasteiger partial charge is 0.495 e. The number of halogens is 1. The van der Waals surface area contributed by atoms with Gasteiger partial charge in [-0.25, -0.2) is 4.98 Å². The quantitative estimate of drug-likeness (QED) is 0.705. The van der Waals surface area contributed by atoms with E-state index in [9.17, 15) is 0 Å². The topological polar surface area (TPSA) is 50.3 Å². The van der Waals surface area contributed by atoms with Crippen LogP contribution in [0.4, 0.5) is 17.5 Å². The lowest BCUT2D eigenvalue weighted by atomic mass is 10.2. The van der Waals surface area contributed by atoms with Crippen molar-refractivity contribution in [1.82, 2.24) is 9.97 Å². The Hall–Kier alpha value is -2.79. The maximum Gasteiger partial charge on any atom is 0.227 e. The normalized spacial score (nSPS) is 10.4. The standard InChI is InChI=1S/C19H19ClN4O/c1-24(13-14-6-4-3-5-7-14)19-21-11-10-18(23-19)22-15-8-9-17(25-2)16(20)12-15/h3-12H,13H2,1-2H3,(H,21,22,23). The predicted molar refractivity (Wildman–Crippen MR) is 102 cm³/mol. The van der Waals surface area contributed by atoms with E-state index in [0.29, 0.717) is 22.5 Å². The van der Waals surface area contributed by atoms with E-state index in [-0.39, 0.29) is 0 Å². The molecule has 0 radical (unpaired) electrons. The van der Waals surface area contributed by atoms with Gasteiger partial charge in [-0.1, -0.05) is 41.9 Å². The van der Waals surface area contributed by atoms with Crippen LogP contribution in [0.2, 0.25) is 5.02 Å². The molecule has 0 fully saturated rings. The van der Waals surface area contributed by atoms with E-state index in [1.54, 1.807) is 19.4 Å². The smallest absolute Gasteiger partial charge is 0.227 e. The maximum absolute atomic E-state index is 6.16. The molecule has 0 atom stereocenters. The molecule has 0 bridgehead atoms. The van der Waals surface area contributed by atoms with Gasteiger partial charge >= 0.3 is 0 Å². The Kier molecular flexibility index (Phi) is 5.36. The van der Waals surface area contributed by atoms with Gasteiger partial charge in [-0.15, -0.1) is 0 Å². The second-order valence-electron chi connectivity index (χ2n) is 5.56. The summed E-state index contributed by atoms with van der Waals surface area (Å²) in [5.74, 6) is 1.98. The molecule has 0 aliphatic carbocycles. The van der Waals surface area contributed by atoms with Gasteiger partial charge in [0.2, 0.25) is 5.95 Å². The van der Waals surface area contributed by atoms with E-state index in [0.717, 1.165) is 12.2 Å². The monoisotopic (exact) mass is 354 g/mol. The molecular formula is C19H19ClN4O. The number of nitrogens with zero attached hydrogens (tertiary/aromatic N) is 3. The Balaban J connectivity index is 1.74. The first-order valence-corrected chi connectivity index (χ1v) is 8.22. The van der Waals surface area contributed by atoms with Crippen LogP contribution in [0.25, 0.3) is 0 Å². The molecule has 3 aromatic rings. The first kappa shape index (κ1) is 17.0. The molecule has 2 aromatic carbocycles. The highest BCUT2D eigenvalue weighted by atomic mass is 35.5. The Morgan fingerprint density at radius 1 is 1.12 bits per heavy atom. The second-order valence-corrected chi connectivity index (χ2v) is 5.97. The van der Waals surface area contributed by atoms with Gasteiger partial charge in [-0.3, -0.25) is 0 Å². The summed E-state index contributed by atoms with van der Waals surface area (Å²) in [6, 6.07) is 17.5. The number of methoxy groups -OCH3 is 1. The SMILES string of the molecule is COc1ccc(Nc2ccnc(N(C)Cc3ccccc3)n2)cc1Cl. The van der Waals surface area contributed by atoms with E-state index in [1.807, 2.05) is 48.3 Å². The van der Waals surface area contributed by atoms with Gasteiger partial charge in [0, 0.05) is 25.5 Å². The minimum Gasteiger partial charge on any atom is -0.495 e. The minimum atomic E-state index is 0.544. The molecule has 1 aromatic heterocycles. The average Bonchev–Trinajstić information content (AvgIpc) is 2.63. The molecule has 0 spiro atoms. The highest BCUT2D eigenvalue weighted by Gasteiger charge is 2.07. The van der Waals surface area contributed by atoms with E-state index in [2.05, 4.69) is 27.4 Å². The summed E-state index contributed by atoms with van der Waals surface area (Å²) >= 11 is 6.16. The summed E-state index contributed by atoms with van der Waals surface area (Å²) in [6.07, 6.45) is 1.73. The minimum absolute atomic E-state index is 0.544. The Morgan fingerprint density at radius 3 is 2.64 bits per heavy atom. The van der Waals surface area contributed by atoms with Gasteiger partial charge in [0.25, 0.3) is 0 Å². The summed E-state index contributed by atoms with van der Waals surface area (Å²) in [4.78, 5) is 10.9. The van der Waals surface area contributed by atoms with Crippen molar-refractivity contribution >= 4 is 29.1 Å². The van der Waals surface area contributed by atoms with E-state index < -0.39 is 0 Å². The van der Waals surface area contributed by atoms with Gasteiger partial charge in [0.15, 0.2) is 0 Å². The molecule has 1 N–H and O–H groups in total. The summed E-state index contributed by atoms with van der Waals surface area (Å²) in [5, 5.41) is 3.78. The van der Waals surface area contributed by atoms with Crippen LogP contribution in [0.1, 0.15) is 5.56 Å². The van der Waals surface area contributed by atoms with Crippen LogP contribution >= 0.6 is 11.6 Å². The lowest BCUT2D eigenvalue weighted by Crippen LogP contribution is -2.19. The first-order valence-electron chi connectivity index (χ1n) is 7.84. The van der Waals surface area contributed by atoms with Crippen molar-refractivity contribution in [2.75, 3.05) is 24.4 Å². The molecule has 1 heterocycles. The fraction of sp³-hybridized carbons (Fsp3) is 0.158. The van der Waals surface area contributed by atoms with E-state index in [4.69, 9.17) is 16.3 Å². The van der Waals surface area contributed by atoms with E-state index in [1.165, 1.54) is 5.56 Å². The molecule has 0 saturated heterocycles. The zero-order valence-corrected chi connectivity index (χ0v) is 14.9. The Morgan fingerprint density at radius 2 is 1.92 bits per heavy atom. The van der Waals surface area contributed by atoms with Crippen LogP contribution in [0.15, 0.2) is 60.8 Å². The second kappa shape index (κ2) is 7.85. The van der Waals surface area contributed by atoms with Crippen LogP contribution in [0, 0.1) is 0 Å². The Bertz CT molecular complexity index is 842. The number of ether oxygens (including phenoxy) is 1. The van der Waals surface area contributed by atoms with Gasteiger partial charge in [-0.05, 0) is 29.8 Å². The van der Waals surface area contributed by atoms with Crippen LogP contribution in [0.5, 0.6) is 5.75 Å². The summed E-state index contributed by atoms with van der Waals surface area (Å²) in [5.41, 5.74) is 2.04. The van der Waals surface area contributed by atoms with Crippen LogP contribution < -0.4 is 15.0 Å². The molecule has 128 valence electrons. The van der Waals surface area contributed by atoms with Gasteiger partial charge in [0.1, 0.15) is 11.6 Å². The van der Waals surface area contributed by atoms with Crippen molar-refractivity contribution in [3.05, 3.63) is 71.4 Å². The molecule has 6 heteroatoms. The Labute approximate surface area is 152 Å². The van der Waals surface area contributed by atoms with Crippen molar-refractivity contribution < 1.29 is 4.74 Å². The van der Waals surface area contributed by atoms with Crippen molar-refractivity contribution in [2.45, 2.75) is 6.54 Å². The highest BCUT2D eigenvalue weighted by molar-refractivity contribution is 6.32. The predicted octanol–water partition coefficient (Wildman–Crippen LogP) is 4.52. The molecular weight excluding hydrogens is 336 g/mol. The number of hydrogen-bond acceptors (Lipinski definition) is 5. The van der Waals surface area contributed by atoms with Crippen LogP contribution in [-0.4, -0.2) is 24.1 Å². The van der Waals surface area contributed by atoms with Gasteiger partial charge in [0.05, 0.1) is 12.1 Å².